The number of hydrogen-bond donors (Lipinski definition) is 1. The number of amides is 1. The number of carbonyl (C=O) groups excluding carboxylic acids is 1. The van der Waals surface area contributed by atoms with Crippen LogP contribution in [0.15, 0.2) is 12.4 Å². The van der Waals surface area contributed by atoms with Gasteiger partial charge >= 0.3 is 0 Å². The molecule has 2 aliphatic heterocycles. The van der Waals surface area contributed by atoms with Gasteiger partial charge in [0, 0.05) is 37.9 Å². The Morgan fingerprint density at radius 3 is 3.06 bits per heavy atom. The molecule has 3 rings (SSSR count). The highest BCUT2D eigenvalue weighted by atomic mass is 16.2. The lowest BCUT2D eigenvalue weighted by Crippen LogP contribution is -2.38. The number of fused-ring (bicyclic) bond motifs is 2. The summed E-state index contributed by atoms with van der Waals surface area (Å²) in [4.78, 5) is 14.4. The molecule has 1 N–H and O–H groups in total. The normalized spacial score (nSPS) is 27.3. The van der Waals surface area contributed by atoms with Gasteiger partial charge in [-0.2, -0.15) is 5.10 Å². The quantitative estimate of drug-likeness (QED) is 0.845. The van der Waals surface area contributed by atoms with Crippen molar-refractivity contribution >= 4 is 5.91 Å². The molecule has 1 amide bonds. The Morgan fingerprint density at radius 1 is 1.44 bits per heavy atom. The zero-order chi connectivity index (χ0) is 12.5. The van der Waals surface area contributed by atoms with Gasteiger partial charge in [-0.1, -0.05) is 0 Å². The number of carbonyl (C=O) groups is 1. The van der Waals surface area contributed by atoms with E-state index in [1.165, 1.54) is 12.8 Å². The molecule has 0 spiro atoms. The molecule has 5 heteroatoms. The Kier molecular flexibility index (Phi) is 3.07. The monoisotopic (exact) mass is 248 g/mol. The minimum atomic E-state index is 0.129. The van der Waals surface area contributed by atoms with Gasteiger partial charge in [-0.15, -0.1) is 0 Å². The van der Waals surface area contributed by atoms with Crippen LogP contribution in [-0.2, 0) is 6.54 Å². The number of rotatable bonds is 2. The molecule has 0 aromatic carbocycles. The molecule has 2 unspecified atom stereocenters. The van der Waals surface area contributed by atoms with Crippen molar-refractivity contribution in [1.29, 1.82) is 0 Å². The molecule has 0 radical (unpaired) electrons. The number of likely N-dealkylation sites (tertiary alicyclic amines) is 1. The van der Waals surface area contributed by atoms with Crippen molar-refractivity contribution in [3.63, 3.8) is 0 Å². The lowest BCUT2D eigenvalue weighted by atomic mass is 10.1. The molecule has 1 aromatic heterocycles. The molecule has 5 nitrogen and oxygen atoms in total. The van der Waals surface area contributed by atoms with Crippen molar-refractivity contribution in [1.82, 2.24) is 20.0 Å². The fourth-order valence-corrected chi connectivity index (χ4v) is 2.96. The molecule has 2 fully saturated rings. The van der Waals surface area contributed by atoms with Crippen LogP contribution < -0.4 is 5.32 Å². The van der Waals surface area contributed by atoms with E-state index in [-0.39, 0.29) is 5.91 Å². The zero-order valence-electron chi connectivity index (χ0n) is 10.8. The molecule has 1 aromatic rings. The van der Waals surface area contributed by atoms with Crippen molar-refractivity contribution in [2.75, 3.05) is 13.1 Å². The Hall–Kier alpha value is -1.36. The van der Waals surface area contributed by atoms with Crippen LogP contribution in [0.3, 0.4) is 0 Å². The summed E-state index contributed by atoms with van der Waals surface area (Å²) in [6, 6.07) is 1.11. The largest absolute Gasteiger partial charge is 0.337 e. The third-order valence-electron chi connectivity index (χ3n) is 4.01. The average molecular weight is 248 g/mol. The Balaban J connectivity index is 1.72. The van der Waals surface area contributed by atoms with E-state index in [1.807, 2.05) is 18.0 Å². The highest BCUT2D eigenvalue weighted by Crippen LogP contribution is 2.21. The van der Waals surface area contributed by atoms with Gasteiger partial charge in [-0.25, -0.2) is 0 Å². The molecule has 0 saturated carbocycles. The topological polar surface area (TPSA) is 50.2 Å². The van der Waals surface area contributed by atoms with E-state index in [0.29, 0.717) is 12.1 Å². The third kappa shape index (κ3) is 2.14. The van der Waals surface area contributed by atoms with Crippen molar-refractivity contribution < 1.29 is 4.79 Å². The predicted molar refractivity (Wildman–Crippen MR) is 68.4 cm³/mol. The van der Waals surface area contributed by atoms with Crippen LogP contribution in [0, 0.1) is 0 Å². The summed E-state index contributed by atoms with van der Waals surface area (Å²) in [5.41, 5.74) is 0.717. The second kappa shape index (κ2) is 4.72. The second-order valence-corrected chi connectivity index (χ2v) is 5.26. The minimum absolute atomic E-state index is 0.129. The lowest BCUT2D eigenvalue weighted by Gasteiger charge is -2.23. The van der Waals surface area contributed by atoms with Crippen LogP contribution in [-0.4, -0.2) is 45.8 Å². The van der Waals surface area contributed by atoms with Gasteiger partial charge in [0.1, 0.15) is 0 Å². The summed E-state index contributed by atoms with van der Waals surface area (Å²) in [5.74, 6) is 0.129. The van der Waals surface area contributed by atoms with Crippen LogP contribution in [0.1, 0.15) is 36.5 Å². The Morgan fingerprint density at radius 2 is 2.28 bits per heavy atom. The number of nitrogens with one attached hydrogen (secondary N) is 1. The van der Waals surface area contributed by atoms with Crippen molar-refractivity contribution in [2.24, 2.45) is 0 Å². The highest BCUT2D eigenvalue weighted by molar-refractivity contribution is 5.93. The fourth-order valence-electron chi connectivity index (χ4n) is 2.96. The first-order chi connectivity index (χ1) is 8.76. The smallest absolute Gasteiger partial charge is 0.257 e. The molecule has 2 atom stereocenters. The van der Waals surface area contributed by atoms with Gasteiger partial charge in [0.25, 0.3) is 5.91 Å². The fraction of sp³-hybridized carbons (Fsp3) is 0.692. The van der Waals surface area contributed by atoms with E-state index in [9.17, 15) is 4.79 Å². The summed E-state index contributed by atoms with van der Waals surface area (Å²) in [5, 5.41) is 7.77. The van der Waals surface area contributed by atoms with E-state index in [0.717, 1.165) is 31.6 Å². The third-order valence-corrected chi connectivity index (χ3v) is 4.01. The maximum absolute atomic E-state index is 12.4. The van der Waals surface area contributed by atoms with Crippen molar-refractivity contribution in [3.8, 4) is 0 Å². The summed E-state index contributed by atoms with van der Waals surface area (Å²) in [6.07, 6.45) is 7.06. The van der Waals surface area contributed by atoms with Gasteiger partial charge in [0.15, 0.2) is 0 Å². The SMILES string of the molecule is CCn1cc(C(=O)N2CCC3CCC(C2)N3)cn1. The molecule has 3 heterocycles. The average Bonchev–Trinajstić information content (AvgIpc) is 2.95. The second-order valence-electron chi connectivity index (χ2n) is 5.26. The standard InChI is InChI=1S/C13H20N4O/c1-2-17-8-10(7-14-17)13(18)16-6-5-11-3-4-12(9-16)15-11/h7-8,11-12,15H,2-6,9H2,1H3. The number of nitrogens with zero attached hydrogens (tertiary/aromatic N) is 3. The number of aromatic nitrogens is 2. The van der Waals surface area contributed by atoms with E-state index >= 15 is 0 Å². The zero-order valence-corrected chi connectivity index (χ0v) is 10.8. The van der Waals surface area contributed by atoms with Crippen LogP contribution in [0.5, 0.6) is 0 Å². The van der Waals surface area contributed by atoms with Crippen molar-refractivity contribution in [3.05, 3.63) is 18.0 Å². The molecule has 2 saturated heterocycles. The first kappa shape index (κ1) is 11.7. The Bertz CT molecular complexity index is 442. The molecule has 0 aliphatic carbocycles. The molecule has 2 bridgehead atoms. The van der Waals surface area contributed by atoms with Gasteiger partial charge in [0.2, 0.25) is 0 Å². The van der Waals surface area contributed by atoms with Crippen LogP contribution in [0.25, 0.3) is 0 Å². The molecule has 98 valence electrons. The van der Waals surface area contributed by atoms with Crippen LogP contribution in [0.4, 0.5) is 0 Å². The highest BCUT2D eigenvalue weighted by Gasteiger charge is 2.31. The van der Waals surface area contributed by atoms with Crippen LogP contribution in [0.2, 0.25) is 0 Å². The number of hydrogen-bond acceptors (Lipinski definition) is 3. The van der Waals surface area contributed by atoms with Crippen molar-refractivity contribution in [2.45, 2.75) is 44.8 Å². The minimum Gasteiger partial charge on any atom is -0.337 e. The number of aryl methyl sites for hydroxylation is 1. The molecular formula is C13H20N4O. The summed E-state index contributed by atoms with van der Waals surface area (Å²) >= 11 is 0. The van der Waals surface area contributed by atoms with Crippen LogP contribution >= 0.6 is 0 Å². The van der Waals surface area contributed by atoms with Gasteiger partial charge in [0.05, 0.1) is 11.8 Å². The Labute approximate surface area is 107 Å². The molecule has 2 aliphatic rings. The summed E-state index contributed by atoms with van der Waals surface area (Å²) in [6.45, 7) is 4.53. The van der Waals surface area contributed by atoms with E-state index in [2.05, 4.69) is 10.4 Å². The van der Waals surface area contributed by atoms with Gasteiger partial charge in [-0.05, 0) is 26.2 Å². The van der Waals surface area contributed by atoms with E-state index in [1.54, 1.807) is 10.9 Å². The summed E-state index contributed by atoms with van der Waals surface area (Å²) < 4.78 is 1.80. The first-order valence-electron chi connectivity index (χ1n) is 6.84. The van der Waals surface area contributed by atoms with E-state index in [4.69, 9.17) is 0 Å². The first-order valence-corrected chi connectivity index (χ1v) is 6.84. The van der Waals surface area contributed by atoms with E-state index < -0.39 is 0 Å². The lowest BCUT2D eigenvalue weighted by molar-refractivity contribution is 0.0748. The molecular weight excluding hydrogens is 228 g/mol. The molecule has 18 heavy (non-hydrogen) atoms. The predicted octanol–water partition coefficient (Wildman–Crippen LogP) is 0.869. The maximum atomic E-state index is 12.4. The summed E-state index contributed by atoms with van der Waals surface area (Å²) in [7, 11) is 0. The van der Waals surface area contributed by atoms with Gasteiger partial charge in [-0.3, -0.25) is 9.48 Å². The maximum Gasteiger partial charge on any atom is 0.257 e. The van der Waals surface area contributed by atoms with Gasteiger partial charge < -0.3 is 10.2 Å².